The number of hydrogen-bond acceptors (Lipinski definition) is 13. The van der Waals surface area contributed by atoms with Crippen molar-refractivity contribution in [3.63, 3.8) is 0 Å². The van der Waals surface area contributed by atoms with Gasteiger partial charge in [-0.1, -0.05) is 0 Å². The highest BCUT2D eigenvalue weighted by Gasteiger charge is 2.50. The Morgan fingerprint density at radius 1 is 0.769 bits per heavy atom. The number of aliphatic hydroxyl groups excluding tert-OH is 8. The summed E-state index contributed by atoms with van der Waals surface area (Å²) in [5, 5.41) is 76.5. The summed E-state index contributed by atoms with van der Waals surface area (Å²) in [6.45, 7) is -1.35. The predicted molar refractivity (Wildman–Crippen MR) is 79.8 cm³/mol. The van der Waals surface area contributed by atoms with Gasteiger partial charge in [0.05, 0.1) is 20.3 Å². The normalized spacial score (nSPS) is 46.4. The summed E-state index contributed by atoms with van der Waals surface area (Å²) in [5.74, 6) is 4.35. The summed E-state index contributed by atoms with van der Waals surface area (Å²) >= 11 is 0. The largest absolute Gasteiger partial charge is 0.394 e. The Kier molecular flexibility index (Phi) is 9.70. The van der Waals surface area contributed by atoms with Crippen LogP contribution in [-0.4, -0.2) is 123 Å². The lowest BCUT2D eigenvalue weighted by Gasteiger charge is -2.45. The van der Waals surface area contributed by atoms with Crippen LogP contribution in [-0.2, 0) is 19.0 Å². The van der Waals surface area contributed by atoms with Gasteiger partial charge in [0.2, 0.25) is 0 Å². The zero-order valence-electron chi connectivity index (χ0n) is 14.0. The number of hydrogen-bond donors (Lipinski definition) is 9. The van der Waals surface area contributed by atoms with Crippen molar-refractivity contribution in [3.05, 3.63) is 0 Å². The number of rotatable bonds is 4. The SMILES string of the molecule is CON.OC[C@H]1O[C@@H](O[C@H]2[C@H](O)[C@@H](O)C(O)O[C@@H]2CO)[C@H](O)[C@@H](O)[C@H]1O. The minimum atomic E-state index is -1.74. The summed E-state index contributed by atoms with van der Waals surface area (Å²) in [6, 6.07) is 0. The molecule has 0 aliphatic carbocycles. The zero-order chi connectivity index (χ0) is 20.0. The maximum absolute atomic E-state index is 9.94. The molecule has 0 amide bonds. The van der Waals surface area contributed by atoms with E-state index in [1.807, 2.05) is 0 Å². The average Bonchev–Trinajstić information content (AvgIpc) is 2.62. The highest BCUT2D eigenvalue weighted by atomic mass is 16.7. The molecule has 2 rings (SSSR count). The molecule has 2 aliphatic rings. The van der Waals surface area contributed by atoms with E-state index in [-0.39, 0.29) is 0 Å². The van der Waals surface area contributed by atoms with Crippen LogP contribution < -0.4 is 5.90 Å². The summed E-state index contributed by atoms with van der Waals surface area (Å²) < 4.78 is 15.3. The minimum Gasteiger partial charge on any atom is -0.394 e. The van der Waals surface area contributed by atoms with Crippen molar-refractivity contribution >= 4 is 0 Å². The van der Waals surface area contributed by atoms with Crippen LogP contribution in [0.4, 0.5) is 0 Å². The molecule has 2 aliphatic heterocycles. The second kappa shape index (κ2) is 10.7. The highest BCUT2D eigenvalue weighted by molar-refractivity contribution is 4.93. The van der Waals surface area contributed by atoms with E-state index in [0.29, 0.717) is 0 Å². The molecule has 0 aromatic heterocycles. The maximum atomic E-state index is 9.94. The van der Waals surface area contributed by atoms with Crippen molar-refractivity contribution < 1.29 is 59.9 Å². The Morgan fingerprint density at radius 2 is 1.31 bits per heavy atom. The monoisotopic (exact) mass is 389 g/mol. The van der Waals surface area contributed by atoms with Crippen molar-refractivity contribution in [1.29, 1.82) is 0 Å². The molecule has 0 saturated carbocycles. The molecule has 26 heavy (non-hydrogen) atoms. The van der Waals surface area contributed by atoms with Crippen molar-refractivity contribution in [2.75, 3.05) is 20.3 Å². The average molecular weight is 389 g/mol. The molecule has 10 atom stereocenters. The lowest BCUT2D eigenvalue weighted by atomic mass is 9.97. The molecule has 1 unspecified atom stereocenters. The predicted octanol–water partition coefficient (Wildman–Crippen LogP) is -5.89. The van der Waals surface area contributed by atoms with Crippen molar-refractivity contribution in [3.8, 4) is 0 Å². The van der Waals surface area contributed by atoms with Crippen LogP contribution in [0.1, 0.15) is 0 Å². The van der Waals surface area contributed by atoms with E-state index in [9.17, 15) is 35.7 Å². The van der Waals surface area contributed by atoms with Gasteiger partial charge in [-0.3, -0.25) is 0 Å². The number of nitrogens with two attached hydrogens (primary N) is 1. The van der Waals surface area contributed by atoms with E-state index in [4.69, 9.17) is 19.3 Å². The molecule has 2 fully saturated rings. The van der Waals surface area contributed by atoms with Gasteiger partial charge in [-0.15, -0.1) is 0 Å². The van der Waals surface area contributed by atoms with Crippen LogP contribution in [0.2, 0.25) is 0 Å². The second-order valence-corrected chi connectivity index (χ2v) is 5.76. The molecule has 13 heteroatoms. The van der Waals surface area contributed by atoms with Gasteiger partial charge in [-0.05, 0) is 0 Å². The molecule has 10 N–H and O–H groups in total. The molecule has 0 radical (unpaired) electrons. The van der Waals surface area contributed by atoms with Gasteiger partial charge in [0, 0.05) is 0 Å². The fourth-order valence-corrected chi connectivity index (χ4v) is 2.57. The Morgan fingerprint density at radius 3 is 1.81 bits per heavy atom. The highest BCUT2D eigenvalue weighted by Crippen LogP contribution is 2.28. The molecule has 0 aromatic carbocycles. The van der Waals surface area contributed by atoms with E-state index in [1.165, 1.54) is 7.11 Å². The van der Waals surface area contributed by atoms with Crippen molar-refractivity contribution in [2.24, 2.45) is 5.90 Å². The van der Waals surface area contributed by atoms with Crippen molar-refractivity contribution in [2.45, 2.75) is 61.4 Å². The Labute approximate surface area is 148 Å². The fraction of sp³-hybridized carbons (Fsp3) is 1.00. The molecular weight excluding hydrogens is 362 g/mol. The van der Waals surface area contributed by atoms with Crippen LogP contribution >= 0.6 is 0 Å². The lowest BCUT2D eigenvalue weighted by Crippen LogP contribution is -2.64. The van der Waals surface area contributed by atoms with E-state index in [2.05, 4.69) is 10.7 Å². The first kappa shape index (κ1) is 23.5. The van der Waals surface area contributed by atoms with Crippen LogP contribution in [0.25, 0.3) is 0 Å². The minimum absolute atomic E-state index is 0.667. The zero-order valence-corrected chi connectivity index (χ0v) is 14.0. The summed E-state index contributed by atoms with van der Waals surface area (Å²) in [5.41, 5.74) is 0. The smallest absolute Gasteiger partial charge is 0.187 e. The Balaban J connectivity index is 0.00000105. The third-order valence-electron chi connectivity index (χ3n) is 3.98. The third kappa shape index (κ3) is 5.26. The Hall–Kier alpha value is -0.520. The number of ether oxygens (including phenoxy) is 3. The topological polar surface area (TPSA) is 225 Å². The molecule has 0 spiro atoms. The van der Waals surface area contributed by atoms with Gasteiger partial charge >= 0.3 is 0 Å². The summed E-state index contributed by atoms with van der Waals surface area (Å²) in [6.07, 6.45) is -15.6. The van der Waals surface area contributed by atoms with Gasteiger partial charge in [-0.25, -0.2) is 5.90 Å². The van der Waals surface area contributed by atoms with E-state index < -0.39 is 74.6 Å². The lowest BCUT2D eigenvalue weighted by molar-refractivity contribution is -0.355. The molecular formula is C13H27NO12. The molecule has 0 aromatic rings. The first-order valence-electron chi connectivity index (χ1n) is 7.72. The van der Waals surface area contributed by atoms with Gasteiger partial charge in [-0.2, -0.15) is 0 Å². The second-order valence-electron chi connectivity index (χ2n) is 5.76. The third-order valence-corrected chi connectivity index (χ3v) is 3.98. The van der Waals surface area contributed by atoms with Crippen LogP contribution in [0.3, 0.4) is 0 Å². The van der Waals surface area contributed by atoms with Crippen LogP contribution in [0, 0.1) is 0 Å². The standard InChI is InChI=1S/C12H22O11.CH5NO/c13-1-3-5(15)6(16)9(19)12(22-3)23-10-4(2-14)21-11(20)8(18)7(10)17;1-3-2/h3-20H,1-2H2;2H2,1H3/t3-,4-,5+,6+,7-,8-,9-,10-,11?,12+;/m1./s1. The van der Waals surface area contributed by atoms with Gasteiger partial charge in [0.25, 0.3) is 0 Å². The number of aliphatic hydroxyl groups is 8. The molecule has 2 heterocycles. The molecule has 13 nitrogen and oxygen atoms in total. The summed E-state index contributed by atoms with van der Waals surface area (Å²) in [7, 11) is 1.40. The maximum Gasteiger partial charge on any atom is 0.187 e. The van der Waals surface area contributed by atoms with Gasteiger partial charge in [0.15, 0.2) is 12.6 Å². The van der Waals surface area contributed by atoms with Crippen LogP contribution in [0.5, 0.6) is 0 Å². The van der Waals surface area contributed by atoms with Crippen LogP contribution in [0.15, 0.2) is 0 Å². The van der Waals surface area contributed by atoms with Gasteiger partial charge < -0.3 is 59.9 Å². The molecule has 156 valence electrons. The van der Waals surface area contributed by atoms with Gasteiger partial charge in [0.1, 0.15) is 48.8 Å². The quantitative estimate of drug-likeness (QED) is 0.204. The fourth-order valence-electron chi connectivity index (χ4n) is 2.57. The van der Waals surface area contributed by atoms with E-state index in [0.717, 1.165) is 0 Å². The Bertz CT molecular complexity index is 399. The molecule has 0 bridgehead atoms. The molecule has 2 saturated heterocycles. The first-order valence-corrected chi connectivity index (χ1v) is 7.72. The van der Waals surface area contributed by atoms with Crippen molar-refractivity contribution in [1.82, 2.24) is 0 Å². The first-order chi connectivity index (χ1) is 12.2. The van der Waals surface area contributed by atoms with E-state index >= 15 is 0 Å². The summed E-state index contributed by atoms with van der Waals surface area (Å²) in [4.78, 5) is 3.75. The van der Waals surface area contributed by atoms with E-state index in [1.54, 1.807) is 0 Å².